The molecule has 0 heterocycles. The molecule has 0 radical (unpaired) electrons. The van der Waals surface area contributed by atoms with Crippen molar-refractivity contribution in [3.63, 3.8) is 0 Å². The Labute approximate surface area is 111 Å². The van der Waals surface area contributed by atoms with Crippen LogP contribution < -0.4 is 0 Å². The maximum Gasteiger partial charge on any atom is 0.0919 e. The Hall–Kier alpha value is -0.860. The Morgan fingerprint density at radius 1 is 1.28 bits per heavy atom. The van der Waals surface area contributed by atoms with E-state index in [1.165, 1.54) is 31.2 Å². The van der Waals surface area contributed by atoms with E-state index in [0.717, 1.165) is 24.6 Å². The van der Waals surface area contributed by atoms with Crippen LogP contribution in [0, 0.1) is 12.8 Å². The smallest absolute Gasteiger partial charge is 0.0919 e. The first kappa shape index (κ1) is 13.6. The summed E-state index contributed by atoms with van der Waals surface area (Å²) in [7, 11) is 2.12. The van der Waals surface area contributed by atoms with E-state index >= 15 is 0 Å². The molecule has 2 nitrogen and oxygen atoms in total. The molecule has 0 aliphatic heterocycles. The fourth-order valence-electron chi connectivity index (χ4n) is 3.06. The van der Waals surface area contributed by atoms with Crippen molar-refractivity contribution in [2.75, 3.05) is 20.1 Å². The molecule has 0 spiro atoms. The van der Waals surface area contributed by atoms with E-state index in [1.807, 2.05) is 18.2 Å². The van der Waals surface area contributed by atoms with Crippen LogP contribution in [-0.4, -0.2) is 30.1 Å². The molecule has 1 aromatic carbocycles. The largest absolute Gasteiger partial charge is 0.387 e. The highest BCUT2D eigenvalue weighted by Crippen LogP contribution is 2.26. The molecular weight excluding hydrogens is 222 g/mol. The van der Waals surface area contributed by atoms with Crippen molar-refractivity contribution >= 4 is 0 Å². The predicted octanol–water partition coefficient (Wildman–Crippen LogP) is 3.15. The molecule has 1 N–H and O–H groups in total. The average molecular weight is 247 g/mol. The first-order valence-corrected chi connectivity index (χ1v) is 7.09. The minimum Gasteiger partial charge on any atom is -0.387 e. The number of hydrogen-bond acceptors (Lipinski definition) is 2. The van der Waals surface area contributed by atoms with E-state index in [2.05, 4.69) is 24.9 Å². The lowest BCUT2D eigenvalue weighted by atomic mass is 10.0. The third-order valence-corrected chi connectivity index (χ3v) is 4.08. The topological polar surface area (TPSA) is 23.5 Å². The van der Waals surface area contributed by atoms with E-state index < -0.39 is 0 Å². The molecule has 1 saturated carbocycles. The normalized spacial score (nSPS) is 18.4. The summed E-state index contributed by atoms with van der Waals surface area (Å²) >= 11 is 0. The number of nitrogens with zero attached hydrogens (tertiary/aromatic N) is 1. The molecule has 2 heteroatoms. The number of likely N-dealkylation sites (N-methyl/N-ethyl adjacent to an activating group) is 1. The Balaban J connectivity index is 1.86. The third kappa shape index (κ3) is 3.56. The zero-order chi connectivity index (χ0) is 13.0. The van der Waals surface area contributed by atoms with Crippen LogP contribution >= 0.6 is 0 Å². The quantitative estimate of drug-likeness (QED) is 0.864. The summed E-state index contributed by atoms with van der Waals surface area (Å²) in [6, 6.07) is 8.12. The van der Waals surface area contributed by atoms with Gasteiger partial charge < -0.3 is 10.0 Å². The molecule has 0 saturated heterocycles. The standard InChI is InChI=1S/C16H25NO/c1-13-7-3-6-10-15(13)16(18)12-17(2)11-14-8-4-5-9-14/h3,6-7,10,14,16,18H,4-5,8-9,11-12H2,1-2H3. The van der Waals surface area contributed by atoms with Crippen molar-refractivity contribution in [1.29, 1.82) is 0 Å². The van der Waals surface area contributed by atoms with E-state index in [-0.39, 0.29) is 6.10 Å². The maximum absolute atomic E-state index is 10.3. The Bertz CT molecular complexity index is 371. The van der Waals surface area contributed by atoms with Crippen molar-refractivity contribution in [3.05, 3.63) is 35.4 Å². The van der Waals surface area contributed by atoms with Crippen molar-refractivity contribution < 1.29 is 5.11 Å². The van der Waals surface area contributed by atoms with Crippen LogP contribution in [-0.2, 0) is 0 Å². The number of aliphatic hydroxyl groups is 1. The van der Waals surface area contributed by atoms with Gasteiger partial charge in [-0.25, -0.2) is 0 Å². The van der Waals surface area contributed by atoms with Gasteiger partial charge in [0.1, 0.15) is 0 Å². The monoisotopic (exact) mass is 247 g/mol. The van der Waals surface area contributed by atoms with Gasteiger partial charge in [0.2, 0.25) is 0 Å². The summed E-state index contributed by atoms with van der Waals surface area (Å²) < 4.78 is 0. The van der Waals surface area contributed by atoms with Crippen LogP contribution in [0.5, 0.6) is 0 Å². The lowest BCUT2D eigenvalue weighted by molar-refractivity contribution is 0.118. The van der Waals surface area contributed by atoms with Crippen LogP contribution in [0.15, 0.2) is 24.3 Å². The molecule has 1 unspecified atom stereocenters. The second kappa shape index (κ2) is 6.35. The molecule has 1 fully saturated rings. The molecule has 1 aromatic rings. The van der Waals surface area contributed by atoms with E-state index in [4.69, 9.17) is 0 Å². The lowest BCUT2D eigenvalue weighted by Crippen LogP contribution is -2.29. The number of hydrogen-bond donors (Lipinski definition) is 1. The van der Waals surface area contributed by atoms with Gasteiger partial charge in [0.15, 0.2) is 0 Å². The van der Waals surface area contributed by atoms with Gasteiger partial charge in [-0.2, -0.15) is 0 Å². The van der Waals surface area contributed by atoms with E-state index in [9.17, 15) is 5.11 Å². The zero-order valence-electron chi connectivity index (χ0n) is 11.6. The summed E-state index contributed by atoms with van der Waals surface area (Å²) in [6.45, 7) is 3.93. The summed E-state index contributed by atoms with van der Waals surface area (Å²) in [5.74, 6) is 0.846. The van der Waals surface area contributed by atoms with E-state index in [1.54, 1.807) is 0 Å². The highest BCUT2D eigenvalue weighted by atomic mass is 16.3. The zero-order valence-corrected chi connectivity index (χ0v) is 11.6. The van der Waals surface area contributed by atoms with Crippen molar-refractivity contribution in [2.45, 2.75) is 38.7 Å². The molecule has 1 aliphatic rings. The van der Waals surface area contributed by atoms with Gasteiger partial charge in [-0.3, -0.25) is 0 Å². The van der Waals surface area contributed by atoms with Crippen molar-refractivity contribution in [2.24, 2.45) is 5.92 Å². The fourth-order valence-corrected chi connectivity index (χ4v) is 3.06. The van der Waals surface area contributed by atoms with Gasteiger partial charge >= 0.3 is 0 Å². The van der Waals surface area contributed by atoms with Crippen LogP contribution in [0.3, 0.4) is 0 Å². The summed E-state index contributed by atoms with van der Waals surface area (Å²) in [5.41, 5.74) is 2.25. The average Bonchev–Trinajstić information content (AvgIpc) is 2.82. The first-order chi connectivity index (χ1) is 8.66. The minimum atomic E-state index is -0.363. The number of rotatable bonds is 5. The Kier molecular flexibility index (Phi) is 4.79. The fraction of sp³-hybridized carbons (Fsp3) is 0.625. The van der Waals surface area contributed by atoms with E-state index in [0.29, 0.717) is 0 Å². The van der Waals surface area contributed by atoms with Gasteiger partial charge in [-0.1, -0.05) is 37.1 Å². The highest BCUT2D eigenvalue weighted by Gasteiger charge is 2.19. The summed E-state index contributed by atoms with van der Waals surface area (Å²) in [5, 5.41) is 10.3. The molecule has 1 aliphatic carbocycles. The van der Waals surface area contributed by atoms with Gasteiger partial charge in [0, 0.05) is 13.1 Å². The van der Waals surface area contributed by atoms with Crippen molar-refractivity contribution in [1.82, 2.24) is 4.90 Å². The molecule has 18 heavy (non-hydrogen) atoms. The molecule has 100 valence electrons. The predicted molar refractivity (Wildman–Crippen MR) is 75.6 cm³/mol. The van der Waals surface area contributed by atoms with Crippen molar-refractivity contribution in [3.8, 4) is 0 Å². The molecule has 0 bridgehead atoms. The van der Waals surface area contributed by atoms with Crippen LogP contribution in [0.1, 0.15) is 42.9 Å². The second-order valence-electron chi connectivity index (χ2n) is 5.74. The summed E-state index contributed by atoms with van der Waals surface area (Å²) in [4.78, 5) is 2.28. The van der Waals surface area contributed by atoms with Gasteiger partial charge in [-0.15, -0.1) is 0 Å². The maximum atomic E-state index is 10.3. The van der Waals surface area contributed by atoms with Gasteiger partial charge in [0.25, 0.3) is 0 Å². The Morgan fingerprint density at radius 2 is 1.94 bits per heavy atom. The van der Waals surface area contributed by atoms with Gasteiger partial charge in [-0.05, 0) is 43.9 Å². The van der Waals surface area contributed by atoms with Crippen LogP contribution in [0.2, 0.25) is 0 Å². The van der Waals surface area contributed by atoms with Crippen LogP contribution in [0.25, 0.3) is 0 Å². The van der Waals surface area contributed by atoms with Crippen LogP contribution in [0.4, 0.5) is 0 Å². The molecule has 0 amide bonds. The minimum absolute atomic E-state index is 0.363. The highest BCUT2D eigenvalue weighted by molar-refractivity contribution is 5.27. The first-order valence-electron chi connectivity index (χ1n) is 7.09. The van der Waals surface area contributed by atoms with Gasteiger partial charge in [0.05, 0.1) is 6.10 Å². The molecule has 0 aromatic heterocycles. The second-order valence-corrected chi connectivity index (χ2v) is 5.74. The SMILES string of the molecule is Cc1ccccc1C(O)CN(C)CC1CCCC1. The molecule has 2 rings (SSSR count). The third-order valence-electron chi connectivity index (χ3n) is 4.08. The lowest BCUT2D eigenvalue weighted by Gasteiger charge is -2.24. The molecule has 1 atom stereocenters. The Morgan fingerprint density at radius 3 is 2.61 bits per heavy atom. The number of aliphatic hydroxyl groups excluding tert-OH is 1. The number of aryl methyl sites for hydroxylation is 1. The summed E-state index contributed by atoms with van der Waals surface area (Å²) in [6.07, 6.45) is 5.14. The number of benzene rings is 1. The molecular formula is C16H25NO.